The fraction of sp³-hybridized carbons (Fsp3) is 0.735. The minimum atomic E-state index is -4.67. The number of H-pyrrole nitrogens is 1. The molecule has 2 aromatic heterocycles. The Morgan fingerprint density at radius 1 is 1.00 bits per heavy atom. The van der Waals surface area contributed by atoms with Gasteiger partial charge in [0.05, 0.1) is 19.3 Å². The average Bonchev–Trinajstić information content (AvgIpc) is 3.73. The summed E-state index contributed by atoms with van der Waals surface area (Å²) in [5.74, 6) is -0.0292. The Hall–Kier alpha value is -2.98. The highest BCUT2D eigenvalue weighted by Crippen LogP contribution is 2.49. The lowest BCUT2D eigenvalue weighted by atomic mass is 10.0. The number of anilines is 1. The lowest BCUT2D eigenvalue weighted by molar-refractivity contribution is -0.116. The van der Waals surface area contributed by atoms with Crippen LogP contribution in [-0.4, -0.2) is 66.5 Å². The van der Waals surface area contributed by atoms with Crippen molar-refractivity contribution in [2.75, 3.05) is 18.5 Å². The Kier molecular flexibility index (Phi) is 16.2. The normalized spacial score (nSPS) is 23.0. The molecule has 2 aliphatic rings. The minimum Gasteiger partial charge on any atom is -0.394 e. The number of hydrogen-bond donors (Lipinski definition) is 4. The summed E-state index contributed by atoms with van der Waals surface area (Å²) in [4.78, 5) is 65.7. The number of aromatic nitrogens is 4. The van der Waals surface area contributed by atoms with Crippen molar-refractivity contribution in [3.8, 4) is 0 Å². The monoisotopic (exact) mass is 739 g/mol. The maximum atomic E-state index is 12.8. The molecule has 0 spiro atoms. The van der Waals surface area contributed by atoms with Crippen LogP contribution in [0.2, 0.25) is 0 Å². The number of rotatable bonds is 22. The van der Waals surface area contributed by atoms with E-state index in [2.05, 4.69) is 22.2 Å². The maximum absolute atomic E-state index is 12.8. The van der Waals surface area contributed by atoms with Crippen LogP contribution in [0.5, 0.6) is 0 Å². The van der Waals surface area contributed by atoms with Crippen LogP contribution in [0.3, 0.4) is 0 Å². The molecule has 4 rings (SSSR count). The molecule has 16 nitrogen and oxygen atoms in total. The Morgan fingerprint density at radius 3 is 2.31 bits per heavy atom. The van der Waals surface area contributed by atoms with Crippen LogP contribution in [-0.2, 0) is 27.9 Å². The number of unbranched alkanes of at least 4 members (excludes halogenated alkanes) is 11. The molecular weight excluding hydrogens is 685 g/mol. The highest BCUT2D eigenvalue weighted by atomic mass is 31.2. The fourth-order valence-electron chi connectivity index (χ4n) is 6.37. The van der Waals surface area contributed by atoms with Gasteiger partial charge in [0.15, 0.2) is 0 Å². The molecule has 4 N–H and O–H groups in total. The third-order valence-electron chi connectivity index (χ3n) is 9.26. The molecule has 6 atom stereocenters. The summed E-state index contributed by atoms with van der Waals surface area (Å²) in [6.07, 6.45) is 14.0. The van der Waals surface area contributed by atoms with E-state index in [9.17, 15) is 33.7 Å². The van der Waals surface area contributed by atoms with E-state index in [-0.39, 0.29) is 30.3 Å². The van der Waals surface area contributed by atoms with Gasteiger partial charge in [0, 0.05) is 30.8 Å². The first-order chi connectivity index (χ1) is 24.5. The molecule has 1 amide bonds. The molecule has 2 aromatic rings. The summed E-state index contributed by atoms with van der Waals surface area (Å²) in [5, 5.41) is 12.4. The third-order valence-corrected chi connectivity index (χ3v) is 10.3. The molecule has 0 saturated carbocycles. The molecule has 0 aliphatic carbocycles. The molecular formula is C34H54N5O11P. The van der Waals surface area contributed by atoms with Crippen molar-refractivity contribution < 1.29 is 37.9 Å². The van der Waals surface area contributed by atoms with E-state index in [0.29, 0.717) is 19.3 Å². The van der Waals surface area contributed by atoms with Crippen molar-refractivity contribution in [1.82, 2.24) is 19.1 Å². The molecule has 4 heterocycles. The molecule has 0 aromatic carbocycles. The Balaban J connectivity index is 1.15. The molecule has 2 aliphatic heterocycles. The predicted molar refractivity (Wildman–Crippen MR) is 188 cm³/mol. The van der Waals surface area contributed by atoms with Gasteiger partial charge in [-0.25, -0.2) is 14.2 Å². The predicted octanol–water partition coefficient (Wildman–Crippen LogP) is 4.59. The summed E-state index contributed by atoms with van der Waals surface area (Å²) in [5.41, 5.74) is -1.63. The number of amides is 1. The van der Waals surface area contributed by atoms with E-state index in [1.165, 1.54) is 87.7 Å². The number of aliphatic hydroxyl groups is 1. The first-order valence-electron chi connectivity index (χ1n) is 18.3. The lowest BCUT2D eigenvalue weighted by Gasteiger charge is -2.21. The van der Waals surface area contributed by atoms with E-state index in [0.717, 1.165) is 23.8 Å². The van der Waals surface area contributed by atoms with E-state index in [1.54, 1.807) is 0 Å². The maximum Gasteiger partial charge on any atom is 0.472 e. The van der Waals surface area contributed by atoms with Gasteiger partial charge in [-0.05, 0) is 32.3 Å². The van der Waals surface area contributed by atoms with Crippen molar-refractivity contribution in [2.24, 2.45) is 0 Å². The first-order valence-corrected chi connectivity index (χ1v) is 19.8. The van der Waals surface area contributed by atoms with E-state index >= 15 is 0 Å². The number of carbonyl (C=O) groups excluding carboxylic acids is 1. The summed E-state index contributed by atoms with van der Waals surface area (Å²) in [6, 6.07) is 1.53. The highest BCUT2D eigenvalue weighted by Gasteiger charge is 2.42. The number of aryl methyl sites for hydroxylation is 1. The largest absolute Gasteiger partial charge is 0.472 e. The van der Waals surface area contributed by atoms with Gasteiger partial charge in [-0.3, -0.25) is 32.8 Å². The molecule has 2 fully saturated rings. The van der Waals surface area contributed by atoms with Gasteiger partial charge < -0.3 is 24.8 Å². The van der Waals surface area contributed by atoms with Gasteiger partial charge >= 0.3 is 19.2 Å². The van der Waals surface area contributed by atoms with E-state index in [4.69, 9.17) is 18.5 Å². The lowest BCUT2D eigenvalue weighted by Crippen LogP contribution is -2.33. The Bertz CT molecular complexity index is 1630. The number of aliphatic hydroxyl groups excluding tert-OH is 1. The topological polar surface area (TPSA) is 213 Å². The molecule has 17 heteroatoms. The highest BCUT2D eigenvalue weighted by molar-refractivity contribution is 7.47. The standard InChI is InChI=1S/C34H54N5O11P/c1-3-4-5-6-7-8-9-10-11-12-13-14-15-29(41)35-28-18-19-38(33(43)36-28)30-17-16-25(48-30)23-47-51(45,46)50-26-20-31(49-27(26)22-40)39-21-24(2)32(42)37-34(39)44/h18-19,21,25-27,30-31,40H,3-17,20,22-23H2,1-2H3,(H,45,46)(H,37,42,44)(H,35,36,41,43)/t25-,26-,27+,30+,31+/m0/s1. The zero-order valence-electron chi connectivity index (χ0n) is 29.7. The second-order valence-electron chi connectivity index (χ2n) is 13.4. The van der Waals surface area contributed by atoms with Gasteiger partial charge in [0.1, 0.15) is 30.5 Å². The Morgan fingerprint density at radius 2 is 1.67 bits per heavy atom. The van der Waals surface area contributed by atoms with Gasteiger partial charge in [-0.1, -0.05) is 77.6 Å². The van der Waals surface area contributed by atoms with Gasteiger partial charge in [0.2, 0.25) is 5.91 Å². The number of ether oxygens (including phenoxy) is 2. The second kappa shape index (κ2) is 20.3. The fourth-order valence-corrected chi connectivity index (χ4v) is 7.35. The van der Waals surface area contributed by atoms with Crippen molar-refractivity contribution in [3.05, 3.63) is 55.3 Å². The quantitative estimate of drug-likeness (QED) is 0.0964. The molecule has 2 saturated heterocycles. The van der Waals surface area contributed by atoms with Crippen LogP contribution < -0.4 is 22.3 Å². The summed E-state index contributed by atoms with van der Waals surface area (Å²) < 4.78 is 37.3. The van der Waals surface area contributed by atoms with Gasteiger partial charge in [-0.2, -0.15) is 4.98 Å². The van der Waals surface area contributed by atoms with E-state index in [1.807, 2.05) is 0 Å². The van der Waals surface area contributed by atoms with E-state index < -0.39 is 62.1 Å². The van der Waals surface area contributed by atoms with Crippen LogP contribution in [0.15, 0.2) is 32.8 Å². The smallest absolute Gasteiger partial charge is 0.394 e. The average molecular weight is 740 g/mol. The van der Waals surface area contributed by atoms with Crippen LogP contribution in [0.4, 0.5) is 5.82 Å². The number of nitrogens with one attached hydrogen (secondary N) is 2. The molecule has 0 radical (unpaired) electrons. The van der Waals surface area contributed by atoms with Crippen molar-refractivity contribution in [1.29, 1.82) is 0 Å². The SMILES string of the molecule is CCCCCCCCCCCCCCC(=O)Nc1ccn([C@H]2CC[C@@H](COP(=O)(O)O[C@H]3C[C@H](n4cc(C)c(=O)[nH]c4=O)O[C@@H]3CO)O2)c(=O)n1. The van der Waals surface area contributed by atoms with Crippen LogP contribution >= 0.6 is 7.82 Å². The zero-order valence-corrected chi connectivity index (χ0v) is 30.6. The van der Waals surface area contributed by atoms with Crippen LogP contribution in [0, 0.1) is 6.92 Å². The Labute approximate surface area is 297 Å². The third kappa shape index (κ3) is 12.9. The second-order valence-corrected chi connectivity index (χ2v) is 14.8. The van der Waals surface area contributed by atoms with Crippen molar-refractivity contribution in [2.45, 2.75) is 147 Å². The van der Waals surface area contributed by atoms with Crippen LogP contribution in [0.1, 0.15) is 128 Å². The molecule has 0 bridgehead atoms. The summed E-state index contributed by atoms with van der Waals surface area (Å²) in [6.45, 7) is 2.86. The molecule has 286 valence electrons. The first kappa shape index (κ1) is 40.8. The summed E-state index contributed by atoms with van der Waals surface area (Å²) in [7, 11) is -4.67. The van der Waals surface area contributed by atoms with Crippen molar-refractivity contribution in [3.63, 3.8) is 0 Å². The number of hydrogen-bond acceptors (Lipinski definition) is 11. The van der Waals surface area contributed by atoms with Gasteiger partial charge in [0.25, 0.3) is 5.56 Å². The number of phosphoric acid groups is 1. The zero-order chi connectivity index (χ0) is 36.8. The number of carbonyl (C=O) groups is 1. The molecule has 51 heavy (non-hydrogen) atoms. The summed E-state index contributed by atoms with van der Waals surface area (Å²) >= 11 is 0. The number of phosphoric ester groups is 1. The van der Waals surface area contributed by atoms with Crippen molar-refractivity contribution >= 4 is 19.5 Å². The molecule has 1 unspecified atom stereocenters. The number of nitrogens with zero attached hydrogens (tertiary/aromatic N) is 3. The number of aromatic amines is 1. The van der Waals surface area contributed by atoms with Gasteiger partial charge in [-0.15, -0.1) is 0 Å². The minimum absolute atomic E-state index is 0.0711. The van der Waals surface area contributed by atoms with Crippen LogP contribution in [0.25, 0.3) is 0 Å².